The van der Waals surface area contributed by atoms with Gasteiger partial charge >= 0.3 is 0 Å². The third-order valence-corrected chi connectivity index (χ3v) is 0.944. The van der Waals surface area contributed by atoms with E-state index in [1.54, 1.807) is 12.5 Å². The fourth-order valence-corrected chi connectivity index (χ4v) is 0.471. The zero-order valence-electron chi connectivity index (χ0n) is 7.30. The maximum atomic E-state index is 5.04. The molecule has 0 radical (unpaired) electrons. The lowest BCUT2D eigenvalue weighted by atomic mass is 10.5. The molecule has 0 fully saturated rings. The molecular formula is C8H17NO2. The van der Waals surface area contributed by atoms with Crippen molar-refractivity contribution < 1.29 is 9.57 Å². The number of hydrogen-bond donors (Lipinski definition) is 1. The Labute approximate surface area is 68.3 Å². The molecule has 0 atom stereocenters. The highest BCUT2D eigenvalue weighted by Gasteiger charge is 1.77. The van der Waals surface area contributed by atoms with Crippen LogP contribution >= 0.6 is 0 Å². The molecule has 0 heterocycles. The molecule has 0 bridgehead atoms. The largest absolute Gasteiger partial charge is 0.500 e. The van der Waals surface area contributed by atoms with Crippen molar-refractivity contribution in [3.63, 3.8) is 0 Å². The second-order valence-corrected chi connectivity index (χ2v) is 2.14. The summed E-state index contributed by atoms with van der Waals surface area (Å²) in [5.41, 5.74) is 2.64. The van der Waals surface area contributed by atoms with Gasteiger partial charge in [-0.3, -0.25) is 10.3 Å². The Bertz CT molecular complexity index is 94.1. The first-order valence-electron chi connectivity index (χ1n) is 4.05. The monoisotopic (exact) mass is 159 g/mol. The number of hydroxylamine groups is 1. The Morgan fingerprint density at radius 2 is 1.91 bits per heavy atom. The van der Waals surface area contributed by atoms with E-state index in [1.165, 1.54) is 0 Å². The Balaban J connectivity index is 2.91. The van der Waals surface area contributed by atoms with Gasteiger partial charge in [0.25, 0.3) is 0 Å². The molecule has 66 valence electrons. The van der Waals surface area contributed by atoms with Gasteiger partial charge in [0.1, 0.15) is 6.26 Å². The Morgan fingerprint density at radius 3 is 2.55 bits per heavy atom. The highest BCUT2D eigenvalue weighted by atomic mass is 16.6. The van der Waals surface area contributed by atoms with E-state index in [0.29, 0.717) is 0 Å². The molecule has 0 saturated carbocycles. The van der Waals surface area contributed by atoms with Crippen LogP contribution < -0.4 is 5.48 Å². The number of rotatable bonds is 7. The molecule has 0 spiro atoms. The minimum Gasteiger partial charge on any atom is -0.500 e. The fraction of sp³-hybridized carbons (Fsp3) is 0.750. The third-order valence-electron chi connectivity index (χ3n) is 0.944. The number of ether oxygens (including phenoxy) is 1. The molecule has 3 heteroatoms. The van der Waals surface area contributed by atoms with Crippen LogP contribution in [0.2, 0.25) is 0 Å². The van der Waals surface area contributed by atoms with Crippen molar-refractivity contribution in [1.29, 1.82) is 0 Å². The van der Waals surface area contributed by atoms with E-state index in [2.05, 4.69) is 19.3 Å². The van der Waals surface area contributed by atoms with Gasteiger partial charge in [0.15, 0.2) is 0 Å². The van der Waals surface area contributed by atoms with E-state index in [0.717, 1.165) is 26.1 Å². The van der Waals surface area contributed by atoms with Crippen LogP contribution in [0.25, 0.3) is 0 Å². The molecule has 0 aromatic rings. The standard InChI is InChI=1S/C8H17NO2/c1-3-6-10-8-5-9-11-7-4-2/h5,8-9H,3-4,6-7H2,1-2H3/b8-5+. The van der Waals surface area contributed by atoms with Crippen molar-refractivity contribution in [1.82, 2.24) is 5.48 Å². The molecule has 3 nitrogen and oxygen atoms in total. The van der Waals surface area contributed by atoms with Crippen LogP contribution in [0, 0.1) is 0 Å². The van der Waals surface area contributed by atoms with Gasteiger partial charge in [-0.25, -0.2) is 0 Å². The minimum absolute atomic E-state index is 0.720. The van der Waals surface area contributed by atoms with Crippen LogP contribution in [0.4, 0.5) is 0 Å². The number of hydrogen-bond acceptors (Lipinski definition) is 3. The van der Waals surface area contributed by atoms with Crippen molar-refractivity contribution in [3.05, 3.63) is 12.5 Å². The van der Waals surface area contributed by atoms with Gasteiger partial charge in [0, 0.05) is 0 Å². The van der Waals surface area contributed by atoms with Crippen LogP contribution in [0.15, 0.2) is 12.5 Å². The third kappa shape index (κ3) is 9.30. The van der Waals surface area contributed by atoms with Crippen LogP contribution in [-0.4, -0.2) is 13.2 Å². The fourth-order valence-electron chi connectivity index (χ4n) is 0.471. The molecule has 0 aliphatic rings. The van der Waals surface area contributed by atoms with E-state index in [1.807, 2.05) is 0 Å². The van der Waals surface area contributed by atoms with Gasteiger partial charge < -0.3 is 4.74 Å². The lowest BCUT2D eigenvalue weighted by molar-refractivity contribution is 0.0692. The quantitative estimate of drug-likeness (QED) is 0.349. The van der Waals surface area contributed by atoms with Crippen molar-refractivity contribution in [2.45, 2.75) is 26.7 Å². The maximum absolute atomic E-state index is 5.04. The Morgan fingerprint density at radius 1 is 1.18 bits per heavy atom. The zero-order chi connectivity index (χ0) is 8.36. The predicted molar refractivity (Wildman–Crippen MR) is 44.8 cm³/mol. The van der Waals surface area contributed by atoms with Gasteiger partial charge in [-0.1, -0.05) is 13.8 Å². The zero-order valence-corrected chi connectivity index (χ0v) is 7.30. The summed E-state index contributed by atoms with van der Waals surface area (Å²) in [5, 5.41) is 0. The van der Waals surface area contributed by atoms with Gasteiger partial charge in [0.2, 0.25) is 0 Å². The van der Waals surface area contributed by atoms with Gasteiger partial charge in [-0.15, -0.1) is 0 Å². The molecule has 11 heavy (non-hydrogen) atoms. The van der Waals surface area contributed by atoms with E-state index in [9.17, 15) is 0 Å². The SMILES string of the molecule is CCCO/C=C/NOCCC. The highest BCUT2D eigenvalue weighted by Crippen LogP contribution is 1.80. The van der Waals surface area contributed by atoms with E-state index in [4.69, 9.17) is 9.57 Å². The van der Waals surface area contributed by atoms with Crippen molar-refractivity contribution in [3.8, 4) is 0 Å². The molecule has 0 aromatic carbocycles. The van der Waals surface area contributed by atoms with Crippen molar-refractivity contribution in [2.24, 2.45) is 0 Å². The van der Waals surface area contributed by atoms with Gasteiger partial charge in [0.05, 0.1) is 19.4 Å². The molecular weight excluding hydrogens is 142 g/mol. The smallest absolute Gasteiger partial charge is 0.101 e. The normalized spacial score (nSPS) is 10.4. The summed E-state index contributed by atoms with van der Waals surface area (Å²) in [6.07, 6.45) is 5.28. The van der Waals surface area contributed by atoms with Crippen molar-refractivity contribution in [2.75, 3.05) is 13.2 Å². The minimum atomic E-state index is 0.720. The second-order valence-electron chi connectivity index (χ2n) is 2.14. The first kappa shape index (κ1) is 10.3. The average molecular weight is 159 g/mol. The van der Waals surface area contributed by atoms with E-state index >= 15 is 0 Å². The van der Waals surface area contributed by atoms with Crippen LogP contribution in [-0.2, 0) is 9.57 Å². The highest BCUT2D eigenvalue weighted by molar-refractivity contribution is 4.64. The Kier molecular flexibility index (Phi) is 8.71. The summed E-state index contributed by atoms with van der Waals surface area (Å²) in [6.45, 7) is 5.60. The van der Waals surface area contributed by atoms with Crippen LogP contribution in [0.3, 0.4) is 0 Å². The molecule has 0 aliphatic heterocycles. The van der Waals surface area contributed by atoms with E-state index < -0.39 is 0 Å². The summed E-state index contributed by atoms with van der Waals surface area (Å²) in [5.74, 6) is 0. The Hall–Kier alpha value is -0.700. The molecule has 1 N–H and O–H groups in total. The average Bonchev–Trinajstić information content (AvgIpc) is 2.03. The van der Waals surface area contributed by atoms with Gasteiger partial charge in [-0.2, -0.15) is 0 Å². The molecule has 0 aliphatic carbocycles. The van der Waals surface area contributed by atoms with Gasteiger partial charge in [-0.05, 0) is 12.8 Å². The molecule has 0 rings (SSSR count). The van der Waals surface area contributed by atoms with Crippen molar-refractivity contribution >= 4 is 0 Å². The van der Waals surface area contributed by atoms with Crippen LogP contribution in [0.5, 0.6) is 0 Å². The topological polar surface area (TPSA) is 30.5 Å². The van der Waals surface area contributed by atoms with E-state index in [-0.39, 0.29) is 0 Å². The second kappa shape index (κ2) is 9.30. The molecule has 0 saturated heterocycles. The summed E-state index contributed by atoms with van der Waals surface area (Å²) < 4.78 is 5.04. The summed E-state index contributed by atoms with van der Waals surface area (Å²) in [6, 6.07) is 0. The summed E-state index contributed by atoms with van der Waals surface area (Å²) >= 11 is 0. The first-order valence-corrected chi connectivity index (χ1v) is 4.05. The predicted octanol–water partition coefficient (Wildman–Crippen LogP) is 1.82. The number of nitrogens with one attached hydrogen (secondary N) is 1. The lowest BCUT2D eigenvalue weighted by Gasteiger charge is -1.99. The summed E-state index contributed by atoms with van der Waals surface area (Å²) in [7, 11) is 0. The molecule has 0 unspecified atom stereocenters. The molecule has 0 aromatic heterocycles. The summed E-state index contributed by atoms with van der Waals surface area (Å²) in [4.78, 5) is 4.95. The molecule has 0 amide bonds. The lowest BCUT2D eigenvalue weighted by Crippen LogP contribution is -2.06. The maximum Gasteiger partial charge on any atom is 0.101 e. The first-order chi connectivity index (χ1) is 5.41. The van der Waals surface area contributed by atoms with Crippen LogP contribution in [0.1, 0.15) is 26.7 Å².